The van der Waals surface area contributed by atoms with Gasteiger partial charge in [-0.2, -0.15) is 0 Å². The van der Waals surface area contributed by atoms with E-state index in [9.17, 15) is 9.36 Å². The van der Waals surface area contributed by atoms with E-state index >= 15 is 0 Å². The van der Waals surface area contributed by atoms with Gasteiger partial charge in [0, 0.05) is 6.42 Å². The molecule has 0 spiro atoms. The van der Waals surface area contributed by atoms with Gasteiger partial charge in [0.2, 0.25) is 0 Å². The summed E-state index contributed by atoms with van der Waals surface area (Å²) in [6.45, 7) is 3.45. The number of hydrogen-bond donors (Lipinski definition) is 1. The molecule has 6 heteroatoms. The molecule has 0 rings (SSSR count). The number of carbonyl (C=O) groups excluding carboxylic acids is 1. The Hall–Kier alpha value is -0.220. The van der Waals surface area contributed by atoms with Crippen molar-refractivity contribution >= 4 is 13.4 Å². The monoisotopic (exact) mass is 224 g/mol. The molecular weight excluding hydrogens is 207 g/mol. The summed E-state index contributed by atoms with van der Waals surface area (Å²) in [6.07, 6.45) is 0.0574. The largest absolute Gasteiger partial charge is 0.389 e. The molecule has 0 aliphatic carbocycles. The van der Waals surface area contributed by atoms with E-state index in [4.69, 9.17) is 14.2 Å². The SMILES string of the molecule is CCOP(=O)(CCC(=O)CO)OCC. The van der Waals surface area contributed by atoms with Gasteiger partial charge in [-0.05, 0) is 13.8 Å². The standard InChI is InChI=1S/C8H17O5P/c1-3-12-14(11,13-4-2)6-5-8(10)7-9/h9H,3-7H2,1-2H3. The molecule has 1 N–H and O–H groups in total. The van der Waals surface area contributed by atoms with Crippen LogP contribution in [0.25, 0.3) is 0 Å². The Morgan fingerprint density at radius 2 is 1.79 bits per heavy atom. The Bertz CT molecular complexity index is 206. The molecule has 0 saturated carbocycles. The molecule has 5 nitrogen and oxygen atoms in total. The van der Waals surface area contributed by atoms with Gasteiger partial charge in [0.1, 0.15) is 6.61 Å². The smallest absolute Gasteiger partial charge is 0.331 e. The summed E-state index contributed by atoms with van der Waals surface area (Å²) in [5.41, 5.74) is 0. The average molecular weight is 224 g/mol. The Morgan fingerprint density at radius 3 is 2.14 bits per heavy atom. The normalized spacial score (nSPS) is 11.6. The molecule has 84 valence electrons. The van der Waals surface area contributed by atoms with Crippen molar-refractivity contribution in [2.45, 2.75) is 20.3 Å². The van der Waals surface area contributed by atoms with E-state index in [-0.39, 0.29) is 31.6 Å². The predicted octanol–water partition coefficient (Wildman–Crippen LogP) is 1.20. The topological polar surface area (TPSA) is 72.8 Å². The van der Waals surface area contributed by atoms with E-state index in [2.05, 4.69) is 0 Å². The molecule has 0 unspecified atom stereocenters. The zero-order valence-corrected chi connectivity index (χ0v) is 9.46. The summed E-state index contributed by atoms with van der Waals surface area (Å²) >= 11 is 0. The second-order valence-electron chi connectivity index (χ2n) is 2.62. The molecule has 0 atom stereocenters. The van der Waals surface area contributed by atoms with Crippen LogP contribution in [0.3, 0.4) is 0 Å². The highest BCUT2D eigenvalue weighted by Crippen LogP contribution is 2.48. The van der Waals surface area contributed by atoms with Crippen molar-refractivity contribution in [2.75, 3.05) is 26.0 Å². The maximum atomic E-state index is 11.8. The van der Waals surface area contributed by atoms with Gasteiger partial charge in [-0.15, -0.1) is 0 Å². The van der Waals surface area contributed by atoms with Crippen LogP contribution in [-0.4, -0.2) is 36.9 Å². The van der Waals surface area contributed by atoms with Crippen LogP contribution in [0.1, 0.15) is 20.3 Å². The minimum Gasteiger partial charge on any atom is -0.389 e. The summed E-state index contributed by atoms with van der Waals surface area (Å²) in [6, 6.07) is 0. The fourth-order valence-corrected chi connectivity index (χ4v) is 2.54. The van der Waals surface area contributed by atoms with E-state index in [0.717, 1.165) is 0 Å². The number of carbonyl (C=O) groups is 1. The lowest BCUT2D eigenvalue weighted by Crippen LogP contribution is -2.08. The maximum Gasteiger partial charge on any atom is 0.331 e. The van der Waals surface area contributed by atoms with Crippen molar-refractivity contribution in [3.63, 3.8) is 0 Å². The third-order valence-electron chi connectivity index (χ3n) is 1.49. The number of rotatable bonds is 8. The second-order valence-corrected chi connectivity index (χ2v) is 4.80. The predicted molar refractivity (Wildman–Crippen MR) is 52.4 cm³/mol. The molecule has 0 aliphatic heterocycles. The van der Waals surface area contributed by atoms with Crippen molar-refractivity contribution in [2.24, 2.45) is 0 Å². The molecule has 0 aromatic rings. The van der Waals surface area contributed by atoms with Gasteiger partial charge in [0.15, 0.2) is 5.78 Å². The maximum absolute atomic E-state index is 11.8. The zero-order chi connectivity index (χ0) is 11.0. The number of Topliss-reactive ketones (excluding diaryl/α,β-unsaturated/α-hetero) is 1. The van der Waals surface area contributed by atoms with Crippen molar-refractivity contribution < 1.29 is 23.5 Å². The van der Waals surface area contributed by atoms with Crippen LogP contribution in [0.4, 0.5) is 0 Å². The van der Waals surface area contributed by atoms with Gasteiger partial charge in [-0.25, -0.2) is 0 Å². The van der Waals surface area contributed by atoms with Crippen molar-refractivity contribution in [3.8, 4) is 0 Å². The van der Waals surface area contributed by atoms with Crippen LogP contribution >= 0.6 is 7.60 Å². The molecule has 0 fully saturated rings. The van der Waals surface area contributed by atoms with E-state index in [0.29, 0.717) is 0 Å². The molecule has 0 aromatic heterocycles. The summed E-state index contributed by atoms with van der Waals surface area (Å²) in [5.74, 6) is -0.357. The molecule has 0 aliphatic rings. The van der Waals surface area contributed by atoms with E-state index in [1.54, 1.807) is 13.8 Å². The highest BCUT2D eigenvalue weighted by molar-refractivity contribution is 7.53. The highest BCUT2D eigenvalue weighted by atomic mass is 31.2. The van der Waals surface area contributed by atoms with E-state index < -0.39 is 14.2 Å². The van der Waals surface area contributed by atoms with Crippen LogP contribution in [0.5, 0.6) is 0 Å². The summed E-state index contributed by atoms with van der Waals surface area (Å²) < 4.78 is 21.7. The van der Waals surface area contributed by atoms with Crippen LogP contribution in [0.2, 0.25) is 0 Å². The lowest BCUT2D eigenvalue weighted by atomic mass is 10.3. The van der Waals surface area contributed by atoms with Gasteiger partial charge in [0.05, 0.1) is 19.4 Å². The molecule has 0 bridgehead atoms. The van der Waals surface area contributed by atoms with Crippen LogP contribution in [0.15, 0.2) is 0 Å². The minimum absolute atomic E-state index is 0.0216. The van der Waals surface area contributed by atoms with Gasteiger partial charge >= 0.3 is 7.60 Å². The molecule has 0 radical (unpaired) electrons. The summed E-state index contributed by atoms with van der Waals surface area (Å²) in [7, 11) is -3.12. The number of aliphatic hydroxyl groups excluding tert-OH is 1. The highest BCUT2D eigenvalue weighted by Gasteiger charge is 2.23. The molecule has 0 aromatic carbocycles. The minimum atomic E-state index is -3.12. The molecule has 0 amide bonds. The first-order chi connectivity index (χ1) is 6.58. The van der Waals surface area contributed by atoms with Crippen molar-refractivity contribution in [1.29, 1.82) is 0 Å². The van der Waals surface area contributed by atoms with Gasteiger partial charge in [0.25, 0.3) is 0 Å². The summed E-state index contributed by atoms with van der Waals surface area (Å²) in [4.78, 5) is 10.8. The average Bonchev–Trinajstić information content (AvgIpc) is 2.15. The first-order valence-corrected chi connectivity index (χ1v) is 6.31. The summed E-state index contributed by atoms with van der Waals surface area (Å²) in [5, 5.41) is 8.47. The van der Waals surface area contributed by atoms with Gasteiger partial charge < -0.3 is 14.2 Å². The quantitative estimate of drug-likeness (QED) is 0.627. The van der Waals surface area contributed by atoms with Gasteiger partial charge in [-0.3, -0.25) is 9.36 Å². The van der Waals surface area contributed by atoms with Crippen LogP contribution in [-0.2, 0) is 18.4 Å². The Labute approximate surface area is 83.9 Å². The molecule has 0 heterocycles. The number of hydrogen-bond acceptors (Lipinski definition) is 5. The molecule has 14 heavy (non-hydrogen) atoms. The third kappa shape index (κ3) is 5.50. The first kappa shape index (κ1) is 13.8. The Kier molecular flexibility index (Phi) is 7.01. The number of ketones is 1. The molecular formula is C8H17O5P. The number of aliphatic hydroxyl groups is 1. The van der Waals surface area contributed by atoms with Crippen molar-refractivity contribution in [3.05, 3.63) is 0 Å². The lowest BCUT2D eigenvalue weighted by molar-refractivity contribution is -0.121. The zero-order valence-electron chi connectivity index (χ0n) is 8.56. The third-order valence-corrected chi connectivity index (χ3v) is 3.57. The second kappa shape index (κ2) is 7.12. The van der Waals surface area contributed by atoms with E-state index in [1.807, 2.05) is 0 Å². The van der Waals surface area contributed by atoms with Crippen molar-refractivity contribution in [1.82, 2.24) is 0 Å². The van der Waals surface area contributed by atoms with E-state index in [1.165, 1.54) is 0 Å². The Balaban J connectivity index is 4.08. The van der Waals surface area contributed by atoms with Crippen LogP contribution < -0.4 is 0 Å². The first-order valence-electron chi connectivity index (χ1n) is 4.58. The Morgan fingerprint density at radius 1 is 1.29 bits per heavy atom. The fourth-order valence-electron chi connectivity index (χ4n) is 0.900. The lowest BCUT2D eigenvalue weighted by Gasteiger charge is -2.15. The molecule has 0 saturated heterocycles. The van der Waals surface area contributed by atoms with Gasteiger partial charge in [-0.1, -0.05) is 0 Å². The fraction of sp³-hybridized carbons (Fsp3) is 0.875. The van der Waals surface area contributed by atoms with Crippen LogP contribution in [0, 0.1) is 0 Å².